The summed E-state index contributed by atoms with van der Waals surface area (Å²) in [5.41, 5.74) is 0.0938. The first-order chi connectivity index (χ1) is 6.11. The minimum atomic E-state index is 0.0938. The highest BCUT2D eigenvalue weighted by atomic mass is 16.5. The third-order valence-electron chi connectivity index (χ3n) is 1.18. The highest BCUT2D eigenvalue weighted by Crippen LogP contribution is 2.20. The average molecular weight is 185 g/mol. The Bertz CT molecular complexity index is 172. The molecule has 0 saturated heterocycles. The fourth-order valence-electron chi connectivity index (χ4n) is 0.603. The van der Waals surface area contributed by atoms with E-state index in [1.165, 1.54) is 0 Å². The molecule has 0 fully saturated rings. The van der Waals surface area contributed by atoms with Crippen molar-refractivity contribution in [3.05, 3.63) is 18.0 Å². The number of hydrogen-bond acceptors (Lipinski definition) is 2. The Morgan fingerprint density at radius 3 is 1.69 bits per heavy atom. The van der Waals surface area contributed by atoms with Crippen LogP contribution in [0.5, 0.6) is 0 Å². The zero-order chi connectivity index (χ0) is 10.9. The molecule has 0 aliphatic rings. The van der Waals surface area contributed by atoms with Gasteiger partial charge < -0.3 is 4.52 Å². The molecule has 0 aliphatic carbocycles. The molecule has 0 amide bonds. The minimum absolute atomic E-state index is 0.0938. The van der Waals surface area contributed by atoms with Crippen LogP contribution in [0, 0.1) is 0 Å². The second-order valence-corrected chi connectivity index (χ2v) is 3.13. The van der Waals surface area contributed by atoms with Crippen molar-refractivity contribution in [2.75, 3.05) is 0 Å². The Kier molecular flexibility index (Phi) is 8.87. The normalized spacial score (nSPS) is 9.15. The molecule has 1 rings (SSSR count). The van der Waals surface area contributed by atoms with Crippen LogP contribution in [-0.2, 0) is 5.41 Å². The van der Waals surface area contributed by atoms with Crippen molar-refractivity contribution < 1.29 is 4.52 Å². The number of aromatic nitrogens is 1. The first-order valence-electron chi connectivity index (χ1n) is 5.02. The Morgan fingerprint density at radius 2 is 1.54 bits per heavy atom. The van der Waals surface area contributed by atoms with Crippen molar-refractivity contribution in [2.45, 2.75) is 53.9 Å². The molecule has 2 nitrogen and oxygen atoms in total. The maximum Gasteiger partial charge on any atom is 0.142 e. The molecule has 2 heteroatoms. The van der Waals surface area contributed by atoms with Crippen LogP contribution in [0.1, 0.15) is 54.2 Å². The van der Waals surface area contributed by atoms with E-state index in [9.17, 15) is 0 Å². The van der Waals surface area contributed by atoms with Crippen LogP contribution in [0.4, 0.5) is 0 Å². The summed E-state index contributed by atoms with van der Waals surface area (Å²) in [6.45, 7) is 14.3. The lowest BCUT2D eigenvalue weighted by molar-refractivity contribution is 0.329. The fraction of sp³-hybridized carbons (Fsp3) is 0.727. The summed E-state index contributed by atoms with van der Waals surface area (Å²) in [6, 6.07) is 1.89. The zero-order valence-corrected chi connectivity index (χ0v) is 10.0. The molecular weight excluding hydrogens is 162 g/mol. The molecule has 0 aliphatic heterocycles. The summed E-state index contributed by atoms with van der Waals surface area (Å²) in [5, 5.41) is 3.61. The first-order valence-corrected chi connectivity index (χ1v) is 5.02. The van der Waals surface area contributed by atoms with Gasteiger partial charge in [0.15, 0.2) is 0 Å². The monoisotopic (exact) mass is 185 g/mol. The quantitative estimate of drug-likeness (QED) is 0.610. The second-order valence-electron chi connectivity index (χ2n) is 3.13. The molecule has 0 N–H and O–H groups in total. The van der Waals surface area contributed by atoms with Crippen molar-refractivity contribution in [3.63, 3.8) is 0 Å². The maximum atomic E-state index is 4.95. The van der Waals surface area contributed by atoms with Gasteiger partial charge >= 0.3 is 0 Å². The van der Waals surface area contributed by atoms with Gasteiger partial charge in [0.25, 0.3) is 0 Å². The van der Waals surface area contributed by atoms with Gasteiger partial charge in [0.2, 0.25) is 0 Å². The molecule has 1 aromatic rings. The van der Waals surface area contributed by atoms with Crippen LogP contribution in [0.2, 0.25) is 0 Å². The van der Waals surface area contributed by atoms with Gasteiger partial charge in [-0.15, -0.1) is 0 Å². The Hall–Kier alpha value is -0.790. The largest absolute Gasteiger partial charge is 0.361 e. The third kappa shape index (κ3) is 6.38. The van der Waals surface area contributed by atoms with Crippen LogP contribution < -0.4 is 0 Å². The predicted molar refractivity (Wildman–Crippen MR) is 57.9 cm³/mol. The van der Waals surface area contributed by atoms with E-state index in [0.717, 1.165) is 5.76 Å². The van der Waals surface area contributed by atoms with Crippen LogP contribution in [0.25, 0.3) is 0 Å². The van der Waals surface area contributed by atoms with E-state index in [-0.39, 0.29) is 5.41 Å². The van der Waals surface area contributed by atoms with Crippen molar-refractivity contribution in [1.29, 1.82) is 0 Å². The lowest BCUT2D eigenvalue weighted by Crippen LogP contribution is -2.08. The summed E-state index contributed by atoms with van der Waals surface area (Å²) < 4.78 is 4.95. The topological polar surface area (TPSA) is 26.0 Å². The molecule has 13 heavy (non-hydrogen) atoms. The molecule has 0 radical (unpaired) electrons. The molecule has 0 spiro atoms. The molecule has 1 aromatic heterocycles. The standard InChI is InChI=1S/C7H11NO.2C2H6/c1-7(2,3)6-4-5-8-9-6;2*1-2/h4-5H,1-3H3;2*1-2H3. The smallest absolute Gasteiger partial charge is 0.142 e. The SMILES string of the molecule is CC.CC.CC(C)(C)c1ccno1. The number of nitrogens with zero attached hydrogens (tertiary/aromatic N) is 1. The highest BCUT2D eigenvalue weighted by molar-refractivity contribution is 5.05. The molecular formula is C11H23NO. The van der Waals surface area contributed by atoms with E-state index in [4.69, 9.17) is 4.52 Å². The van der Waals surface area contributed by atoms with E-state index in [1.54, 1.807) is 6.20 Å². The summed E-state index contributed by atoms with van der Waals surface area (Å²) in [4.78, 5) is 0. The van der Waals surface area contributed by atoms with Crippen molar-refractivity contribution >= 4 is 0 Å². The molecule has 0 bridgehead atoms. The fourth-order valence-corrected chi connectivity index (χ4v) is 0.603. The maximum absolute atomic E-state index is 4.95. The Morgan fingerprint density at radius 1 is 1.08 bits per heavy atom. The molecule has 0 saturated carbocycles. The summed E-state index contributed by atoms with van der Waals surface area (Å²) in [6.07, 6.45) is 1.67. The Balaban J connectivity index is 0. The van der Waals surface area contributed by atoms with Gasteiger partial charge in [-0.3, -0.25) is 0 Å². The second kappa shape index (κ2) is 7.84. The van der Waals surface area contributed by atoms with Gasteiger partial charge in [-0.2, -0.15) is 0 Å². The van der Waals surface area contributed by atoms with E-state index in [1.807, 2.05) is 33.8 Å². The van der Waals surface area contributed by atoms with Gasteiger partial charge in [0.1, 0.15) is 5.76 Å². The zero-order valence-electron chi connectivity index (χ0n) is 10.0. The van der Waals surface area contributed by atoms with Gasteiger partial charge in [0, 0.05) is 11.5 Å². The van der Waals surface area contributed by atoms with Gasteiger partial charge in [0.05, 0.1) is 6.20 Å². The highest BCUT2D eigenvalue weighted by Gasteiger charge is 2.16. The lowest BCUT2D eigenvalue weighted by Gasteiger charge is -2.11. The summed E-state index contributed by atoms with van der Waals surface area (Å²) in [7, 11) is 0. The summed E-state index contributed by atoms with van der Waals surface area (Å²) >= 11 is 0. The van der Waals surface area contributed by atoms with Crippen LogP contribution in [0.3, 0.4) is 0 Å². The third-order valence-corrected chi connectivity index (χ3v) is 1.18. The van der Waals surface area contributed by atoms with Crippen LogP contribution in [-0.4, -0.2) is 5.16 Å². The van der Waals surface area contributed by atoms with Gasteiger partial charge in [-0.05, 0) is 0 Å². The molecule has 0 unspecified atom stereocenters. The molecule has 78 valence electrons. The van der Waals surface area contributed by atoms with E-state index < -0.39 is 0 Å². The lowest BCUT2D eigenvalue weighted by atomic mass is 9.94. The predicted octanol–water partition coefficient (Wildman–Crippen LogP) is 4.02. The van der Waals surface area contributed by atoms with Crippen molar-refractivity contribution in [2.24, 2.45) is 0 Å². The minimum Gasteiger partial charge on any atom is -0.361 e. The van der Waals surface area contributed by atoms with Crippen molar-refractivity contribution in [3.8, 4) is 0 Å². The molecule has 1 heterocycles. The molecule has 0 atom stereocenters. The van der Waals surface area contributed by atoms with Crippen LogP contribution in [0.15, 0.2) is 16.8 Å². The first kappa shape index (κ1) is 14.7. The summed E-state index contributed by atoms with van der Waals surface area (Å²) in [5.74, 6) is 0.933. The van der Waals surface area contributed by atoms with Gasteiger partial charge in [-0.1, -0.05) is 53.6 Å². The average Bonchev–Trinajstić information content (AvgIpc) is 2.63. The van der Waals surface area contributed by atoms with E-state index in [0.29, 0.717) is 0 Å². The van der Waals surface area contributed by atoms with Crippen molar-refractivity contribution in [1.82, 2.24) is 5.16 Å². The number of hydrogen-bond donors (Lipinski definition) is 0. The van der Waals surface area contributed by atoms with Crippen LogP contribution >= 0.6 is 0 Å². The van der Waals surface area contributed by atoms with E-state index >= 15 is 0 Å². The molecule has 0 aromatic carbocycles. The van der Waals surface area contributed by atoms with E-state index in [2.05, 4.69) is 25.9 Å². The number of rotatable bonds is 0. The Labute approximate surface area is 82.3 Å². The van der Waals surface area contributed by atoms with Gasteiger partial charge in [-0.25, -0.2) is 0 Å².